The third-order valence-electron chi connectivity index (χ3n) is 3.29. The summed E-state index contributed by atoms with van der Waals surface area (Å²) < 4.78 is 0. The Kier molecular flexibility index (Phi) is 4.02. The summed E-state index contributed by atoms with van der Waals surface area (Å²) in [6.45, 7) is 4.09. The molecule has 0 saturated carbocycles. The van der Waals surface area contributed by atoms with Gasteiger partial charge in [-0.15, -0.1) is 11.3 Å². The minimum atomic E-state index is 0.245. The molecule has 0 aliphatic carbocycles. The van der Waals surface area contributed by atoms with Crippen molar-refractivity contribution in [3.05, 3.63) is 45.0 Å². The van der Waals surface area contributed by atoms with Crippen LogP contribution in [0.5, 0.6) is 0 Å². The molecule has 0 aliphatic rings. The lowest BCUT2D eigenvalue weighted by atomic mass is 10.2. The maximum Gasteiger partial charge on any atom is 0.225 e. The second-order valence-corrected chi connectivity index (χ2v) is 6.52. The zero-order valence-electron chi connectivity index (χ0n) is 11.6. The van der Waals surface area contributed by atoms with Crippen LogP contribution in [-0.2, 0) is 6.42 Å². The van der Waals surface area contributed by atoms with E-state index >= 15 is 0 Å². The predicted molar refractivity (Wildman–Crippen MR) is 91.3 cm³/mol. The molecule has 0 radical (unpaired) electrons. The summed E-state index contributed by atoms with van der Waals surface area (Å²) in [7, 11) is 0. The van der Waals surface area contributed by atoms with E-state index in [0.29, 0.717) is 5.82 Å². The minimum absolute atomic E-state index is 0.245. The lowest BCUT2D eigenvalue weighted by Gasteiger charge is -2.10. The third kappa shape index (κ3) is 2.84. The van der Waals surface area contributed by atoms with Gasteiger partial charge in [0, 0.05) is 15.6 Å². The average Bonchev–Trinajstić information content (AvgIpc) is 2.87. The van der Waals surface area contributed by atoms with E-state index < -0.39 is 0 Å². The number of thiophene rings is 1. The number of fused-ring (bicyclic) bond motifs is 1. The van der Waals surface area contributed by atoms with Gasteiger partial charge in [-0.2, -0.15) is 4.98 Å². The molecule has 3 nitrogen and oxygen atoms in total. The first-order valence-corrected chi connectivity index (χ1v) is 8.14. The van der Waals surface area contributed by atoms with Gasteiger partial charge in [0.25, 0.3) is 0 Å². The van der Waals surface area contributed by atoms with Crippen LogP contribution in [0.1, 0.15) is 17.4 Å². The maximum absolute atomic E-state index is 6.16. The minimum Gasteiger partial charge on any atom is -0.339 e. The van der Waals surface area contributed by atoms with Crippen molar-refractivity contribution in [2.24, 2.45) is 0 Å². The number of anilines is 2. The van der Waals surface area contributed by atoms with Gasteiger partial charge in [-0.05, 0) is 48.7 Å². The van der Waals surface area contributed by atoms with Gasteiger partial charge in [0.15, 0.2) is 0 Å². The molecule has 3 aromatic rings. The highest BCUT2D eigenvalue weighted by atomic mass is 35.5. The second kappa shape index (κ2) is 5.79. The fraction of sp³-hybridized carbons (Fsp3) is 0.200. The highest BCUT2D eigenvalue weighted by Gasteiger charge is 2.12. The van der Waals surface area contributed by atoms with Crippen molar-refractivity contribution in [1.29, 1.82) is 0 Å². The molecule has 0 aliphatic heterocycles. The second-order valence-electron chi connectivity index (χ2n) is 4.66. The van der Waals surface area contributed by atoms with Crippen molar-refractivity contribution >= 4 is 56.3 Å². The zero-order valence-corrected chi connectivity index (χ0v) is 13.9. The molecule has 108 valence electrons. The van der Waals surface area contributed by atoms with E-state index in [1.165, 1.54) is 4.88 Å². The summed E-state index contributed by atoms with van der Waals surface area (Å²) in [5.41, 5.74) is 1.90. The molecule has 0 saturated heterocycles. The standard InChI is InChI=1S/C15H13Cl2N3S/c1-3-9-7-10-13(19-15(17)20-14(10)21-9)18-12-6-4-5-11(16)8(12)2/h4-7H,3H2,1-2H3,(H,18,19,20). The topological polar surface area (TPSA) is 37.8 Å². The molecule has 0 spiro atoms. The van der Waals surface area contributed by atoms with E-state index in [0.717, 1.165) is 32.9 Å². The smallest absolute Gasteiger partial charge is 0.225 e. The van der Waals surface area contributed by atoms with E-state index in [-0.39, 0.29) is 5.28 Å². The van der Waals surface area contributed by atoms with Gasteiger partial charge in [0.05, 0.1) is 5.39 Å². The Balaban J connectivity index is 2.11. The van der Waals surface area contributed by atoms with Crippen molar-refractivity contribution < 1.29 is 0 Å². The molecule has 2 heterocycles. The lowest BCUT2D eigenvalue weighted by Crippen LogP contribution is -1.98. The van der Waals surface area contributed by atoms with Crippen molar-refractivity contribution in [2.45, 2.75) is 20.3 Å². The van der Waals surface area contributed by atoms with Gasteiger partial charge in [0.1, 0.15) is 10.6 Å². The number of aromatic nitrogens is 2. The van der Waals surface area contributed by atoms with Gasteiger partial charge in [-0.1, -0.05) is 24.6 Å². The van der Waals surface area contributed by atoms with Crippen molar-refractivity contribution in [3.8, 4) is 0 Å². The molecule has 1 N–H and O–H groups in total. The van der Waals surface area contributed by atoms with Crippen LogP contribution in [0.2, 0.25) is 10.3 Å². The molecule has 0 unspecified atom stereocenters. The molecule has 2 aromatic heterocycles. The molecule has 0 bridgehead atoms. The summed E-state index contributed by atoms with van der Waals surface area (Å²) in [6.07, 6.45) is 0.967. The Morgan fingerprint density at radius 2 is 2.05 bits per heavy atom. The summed E-state index contributed by atoms with van der Waals surface area (Å²) in [4.78, 5) is 10.8. The maximum atomic E-state index is 6.16. The number of aryl methyl sites for hydroxylation is 1. The third-order valence-corrected chi connectivity index (χ3v) is 5.04. The lowest BCUT2D eigenvalue weighted by molar-refractivity contribution is 1.19. The average molecular weight is 338 g/mol. The molecule has 1 aromatic carbocycles. The predicted octanol–water partition coefficient (Wildman–Crippen LogP) is 5.61. The largest absolute Gasteiger partial charge is 0.339 e. The van der Waals surface area contributed by atoms with Crippen LogP contribution < -0.4 is 5.32 Å². The fourth-order valence-corrected chi connectivity index (χ4v) is 3.45. The van der Waals surface area contributed by atoms with E-state index in [4.69, 9.17) is 23.2 Å². The van der Waals surface area contributed by atoms with Crippen molar-refractivity contribution in [1.82, 2.24) is 9.97 Å². The number of rotatable bonds is 3. The summed E-state index contributed by atoms with van der Waals surface area (Å²) in [5.74, 6) is 0.714. The molecule has 0 atom stereocenters. The number of nitrogens with one attached hydrogen (secondary N) is 1. The van der Waals surface area contributed by atoms with Gasteiger partial charge in [0.2, 0.25) is 5.28 Å². The van der Waals surface area contributed by atoms with Crippen LogP contribution >= 0.6 is 34.5 Å². The number of halogens is 2. The number of hydrogen-bond acceptors (Lipinski definition) is 4. The van der Waals surface area contributed by atoms with Crippen LogP contribution in [0.15, 0.2) is 24.3 Å². The highest BCUT2D eigenvalue weighted by Crippen LogP contribution is 2.33. The molecule has 21 heavy (non-hydrogen) atoms. The van der Waals surface area contributed by atoms with Crippen molar-refractivity contribution in [3.63, 3.8) is 0 Å². The quantitative estimate of drug-likeness (QED) is 0.631. The molecular weight excluding hydrogens is 325 g/mol. The molecular formula is C15H13Cl2N3S. The van der Waals surface area contributed by atoms with E-state index in [1.54, 1.807) is 11.3 Å². The first-order valence-electron chi connectivity index (χ1n) is 6.56. The Morgan fingerprint density at radius 3 is 2.81 bits per heavy atom. The first-order chi connectivity index (χ1) is 10.1. The number of nitrogens with zero attached hydrogens (tertiary/aromatic N) is 2. The van der Waals surface area contributed by atoms with Crippen molar-refractivity contribution in [2.75, 3.05) is 5.32 Å². The monoisotopic (exact) mass is 337 g/mol. The fourth-order valence-electron chi connectivity index (χ4n) is 2.09. The number of benzene rings is 1. The van der Waals surface area contributed by atoms with Gasteiger partial charge in [-0.3, -0.25) is 0 Å². The van der Waals surface area contributed by atoms with E-state index in [2.05, 4.69) is 28.3 Å². The Morgan fingerprint density at radius 1 is 1.24 bits per heavy atom. The van der Waals surface area contributed by atoms with Crippen LogP contribution in [0.4, 0.5) is 11.5 Å². The Hall–Kier alpha value is -1.36. The SMILES string of the molecule is CCc1cc2c(Nc3cccc(Cl)c3C)nc(Cl)nc2s1. The van der Waals surface area contributed by atoms with Crippen LogP contribution in [0, 0.1) is 6.92 Å². The normalized spacial score (nSPS) is 11.0. The van der Waals surface area contributed by atoms with Gasteiger partial charge < -0.3 is 5.32 Å². The molecule has 0 fully saturated rings. The summed E-state index contributed by atoms with van der Waals surface area (Å²) in [6, 6.07) is 7.85. The Labute approximate surface area is 137 Å². The highest BCUT2D eigenvalue weighted by molar-refractivity contribution is 7.18. The first kappa shape index (κ1) is 14.6. The number of hydrogen-bond donors (Lipinski definition) is 1. The summed E-state index contributed by atoms with van der Waals surface area (Å²) in [5, 5.41) is 5.27. The van der Waals surface area contributed by atoms with Crippen LogP contribution in [0.25, 0.3) is 10.2 Å². The van der Waals surface area contributed by atoms with E-state index in [1.807, 2.05) is 25.1 Å². The zero-order chi connectivity index (χ0) is 15.0. The molecule has 3 rings (SSSR count). The van der Waals surface area contributed by atoms with Crippen LogP contribution in [0.3, 0.4) is 0 Å². The van der Waals surface area contributed by atoms with Crippen LogP contribution in [-0.4, -0.2) is 9.97 Å². The Bertz CT molecular complexity index is 814. The molecule has 6 heteroatoms. The van der Waals surface area contributed by atoms with Gasteiger partial charge in [-0.25, -0.2) is 4.98 Å². The van der Waals surface area contributed by atoms with E-state index in [9.17, 15) is 0 Å². The molecule has 0 amide bonds. The van der Waals surface area contributed by atoms with Gasteiger partial charge >= 0.3 is 0 Å². The summed E-state index contributed by atoms with van der Waals surface area (Å²) >= 11 is 13.8.